The third kappa shape index (κ3) is 5.21. The van der Waals surface area contributed by atoms with Crippen molar-refractivity contribution in [3.8, 4) is 16.9 Å². The first-order valence-electron chi connectivity index (χ1n) is 11.3. The summed E-state index contributed by atoms with van der Waals surface area (Å²) in [6.45, 7) is 1.81. The molecular weight excluding hydrogens is 430 g/mol. The smallest absolute Gasteiger partial charge is 0.251 e. The van der Waals surface area contributed by atoms with Gasteiger partial charge in [0.25, 0.3) is 5.91 Å². The van der Waals surface area contributed by atoms with Gasteiger partial charge in [0, 0.05) is 31.7 Å². The van der Waals surface area contributed by atoms with E-state index in [4.69, 9.17) is 4.74 Å². The molecule has 0 aromatic heterocycles. The van der Waals surface area contributed by atoms with E-state index in [1.54, 1.807) is 24.1 Å². The quantitative estimate of drug-likeness (QED) is 0.568. The van der Waals surface area contributed by atoms with Gasteiger partial charge in [-0.2, -0.15) is 0 Å². The highest BCUT2D eigenvalue weighted by Crippen LogP contribution is 2.28. The average molecular weight is 460 g/mol. The average Bonchev–Trinajstić information content (AvgIpc) is 2.92. The lowest BCUT2D eigenvalue weighted by Crippen LogP contribution is -2.56. The molecule has 3 aromatic rings. The molecule has 1 fully saturated rings. The minimum absolute atomic E-state index is 0.281. The third-order valence-electron chi connectivity index (χ3n) is 6.06. The number of carbonyl (C=O) groups excluding carboxylic acids is 2. The molecule has 2 amide bonds. The van der Waals surface area contributed by atoms with Crippen LogP contribution in [0.5, 0.6) is 5.75 Å². The van der Waals surface area contributed by atoms with E-state index in [0.717, 1.165) is 22.6 Å². The largest absolute Gasteiger partial charge is 0.495 e. The van der Waals surface area contributed by atoms with E-state index in [1.165, 1.54) is 0 Å². The second kappa shape index (κ2) is 10.9. The van der Waals surface area contributed by atoms with Gasteiger partial charge in [-0.3, -0.25) is 9.59 Å². The normalized spacial score (nSPS) is 14.4. The Morgan fingerprint density at radius 2 is 1.50 bits per heavy atom. The maximum Gasteiger partial charge on any atom is 0.251 e. The van der Waals surface area contributed by atoms with Crippen LogP contribution in [0.15, 0.2) is 78.9 Å². The molecule has 7 heteroatoms. The zero-order chi connectivity index (χ0) is 23.9. The predicted molar refractivity (Wildman–Crippen MR) is 132 cm³/mol. The van der Waals surface area contributed by atoms with Crippen LogP contribution < -0.4 is 15.0 Å². The van der Waals surface area contributed by atoms with Crippen molar-refractivity contribution in [2.24, 2.45) is 0 Å². The number of piperazine rings is 1. The first kappa shape index (κ1) is 23.3. The Kier molecular flexibility index (Phi) is 7.44. The summed E-state index contributed by atoms with van der Waals surface area (Å²) in [4.78, 5) is 29.6. The number of para-hydroxylation sites is 2. The molecule has 0 radical (unpaired) electrons. The van der Waals surface area contributed by atoms with Gasteiger partial charge in [0.1, 0.15) is 11.8 Å². The number of nitrogens with zero attached hydrogens (tertiary/aromatic N) is 2. The van der Waals surface area contributed by atoms with Crippen LogP contribution in [0.25, 0.3) is 11.1 Å². The van der Waals surface area contributed by atoms with Crippen molar-refractivity contribution in [2.75, 3.05) is 44.8 Å². The number of ether oxygens (including phenoxy) is 1. The summed E-state index contributed by atoms with van der Waals surface area (Å²) in [6, 6.07) is 23.9. The van der Waals surface area contributed by atoms with Crippen LogP contribution in [0.4, 0.5) is 5.69 Å². The Morgan fingerprint density at radius 1 is 0.882 bits per heavy atom. The molecule has 1 saturated heterocycles. The van der Waals surface area contributed by atoms with E-state index >= 15 is 0 Å². The van der Waals surface area contributed by atoms with Gasteiger partial charge in [-0.1, -0.05) is 54.6 Å². The van der Waals surface area contributed by atoms with Gasteiger partial charge in [0.05, 0.1) is 19.4 Å². The fraction of sp³-hybridized carbons (Fsp3) is 0.259. The summed E-state index contributed by atoms with van der Waals surface area (Å²) in [5.41, 5.74) is 3.49. The second-order valence-electron chi connectivity index (χ2n) is 8.14. The molecule has 176 valence electrons. The highest BCUT2D eigenvalue weighted by Gasteiger charge is 2.29. The molecule has 0 unspecified atom stereocenters. The Balaban J connectivity index is 1.35. The number of rotatable bonds is 7. The zero-order valence-electron chi connectivity index (χ0n) is 19.2. The van der Waals surface area contributed by atoms with Gasteiger partial charge >= 0.3 is 0 Å². The molecule has 2 N–H and O–H groups in total. The third-order valence-corrected chi connectivity index (χ3v) is 6.06. The Hall–Kier alpha value is -3.84. The standard InChI is InChI=1S/C27H29N3O4/c1-34-25-10-6-5-9-24(25)29-15-17-30(18-16-29)27(33)23(19-31)28-26(32)22-13-11-21(12-14-22)20-7-3-2-4-8-20/h2-14,23,31H,15-19H2,1H3,(H,28,32)/t23-/m0/s1. The van der Waals surface area contributed by atoms with E-state index in [2.05, 4.69) is 10.2 Å². The van der Waals surface area contributed by atoms with E-state index in [9.17, 15) is 14.7 Å². The number of methoxy groups -OCH3 is 1. The molecule has 1 heterocycles. The molecule has 0 spiro atoms. The van der Waals surface area contributed by atoms with Crippen LogP contribution in [0, 0.1) is 0 Å². The lowest BCUT2D eigenvalue weighted by molar-refractivity contribution is -0.134. The van der Waals surface area contributed by atoms with Crippen LogP contribution in [0.1, 0.15) is 10.4 Å². The Bertz CT molecular complexity index is 1110. The predicted octanol–water partition coefficient (Wildman–Crippen LogP) is 2.80. The lowest BCUT2D eigenvalue weighted by Gasteiger charge is -2.37. The maximum absolute atomic E-state index is 13.0. The number of benzene rings is 3. The van der Waals surface area contributed by atoms with Crippen LogP contribution >= 0.6 is 0 Å². The summed E-state index contributed by atoms with van der Waals surface area (Å²) in [7, 11) is 1.64. The van der Waals surface area contributed by atoms with E-state index in [1.807, 2.05) is 66.7 Å². The van der Waals surface area contributed by atoms with Crippen LogP contribution in [-0.2, 0) is 4.79 Å². The first-order valence-corrected chi connectivity index (χ1v) is 11.3. The first-order chi connectivity index (χ1) is 16.6. The molecule has 0 aliphatic carbocycles. The number of aliphatic hydroxyl groups excluding tert-OH is 1. The number of nitrogens with one attached hydrogen (secondary N) is 1. The van der Waals surface area contributed by atoms with Crippen LogP contribution in [0.2, 0.25) is 0 Å². The second-order valence-corrected chi connectivity index (χ2v) is 8.14. The molecule has 1 aliphatic rings. The van der Waals surface area contributed by atoms with Gasteiger partial charge < -0.3 is 25.0 Å². The van der Waals surface area contributed by atoms with Gasteiger partial charge in [-0.05, 0) is 35.4 Å². The molecule has 7 nitrogen and oxygen atoms in total. The molecular formula is C27H29N3O4. The summed E-state index contributed by atoms with van der Waals surface area (Å²) in [6.07, 6.45) is 0. The Labute approximate surface area is 199 Å². The number of anilines is 1. The number of amides is 2. The minimum atomic E-state index is -0.987. The monoisotopic (exact) mass is 459 g/mol. The molecule has 4 rings (SSSR count). The van der Waals surface area contributed by atoms with Crippen molar-refractivity contribution in [2.45, 2.75) is 6.04 Å². The highest BCUT2D eigenvalue weighted by atomic mass is 16.5. The SMILES string of the molecule is COc1ccccc1N1CCN(C(=O)[C@H](CO)NC(=O)c2ccc(-c3ccccc3)cc2)CC1. The molecule has 1 aliphatic heterocycles. The fourth-order valence-corrected chi connectivity index (χ4v) is 4.15. The molecule has 0 bridgehead atoms. The van der Waals surface area contributed by atoms with Gasteiger partial charge in [0.15, 0.2) is 0 Å². The number of carbonyl (C=O) groups is 2. The minimum Gasteiger partial charge on any atom is -0.495 e. The van der Waals surface area contributed by atoms with Gasteiger partial charge in [-0.25, -0.2) is 0 Å². The topological polar surface area (TPSA) is 82.1 Å². The molecule has 0 saturated carbocycles. The number of hydrogen-bond acceptors (Lipinski definition) is 5. The van der Waals surface area contributed by atoms with Crippen molar-refractivity contribution < 1.29 is 19.4 Å². The molecule has 3 aromatic carbocycles. The van der Waals surface area contributed by atoms with Crippen molar-refractivity contribution in [1.29, 1.82) is 0 Å². The van der Waals surface area contributed by atoms with E-state index < -0.39 is 12.6 Å². The van der Waals surface area contributed by atoms with E-state index in [-0.39, 0.29) is 11.8 Å². The summed E-state index contributed by atoms with van der Waals surface area (Å²) in [5, 5.41) is 12.5. The summed E-state index contributed by atoms with van der Waals surface area (Å²) >= 11 is 0. The van der Waals surface area contributed by atoms with Crippen LogP contribution in [-0.4, -0.2) is 67.8 Å². The van der Waals surface area contributed by atoms with Crippen molar-refractivity contribution >= 4 is 17.5 Å². The Morgan fingerprint density at radius 3 is 2.15 bits per heavy atom. The highest BCUT2D eigenvalue weighted by molar-refractivity contribution is 5.98. The lowest BCUT2D eigenvalue weighted by atomic mass is 10.0. The van der Waals surface area contributed by atoms with Gasteiger partial charge in [-0.15, -0.1) is 0 Å². The summed E-state index contributed by atoms with van der Waals surface area (Å²) < 4.78 is 5.44. The van der Waals surface area contributed by atoms with Crippen LogP contribution in [0.3, 0.4) is 0 Å². The van der Waals surface area contributed by atoms with Crippen molar-refractivity contribution in [3.63, 3.8) is 0 Å². The number of aliphatic hydroxyl groups is 1. The van der Waals surface area contributed by atoms with Crippen molar-refractivity contribution in [1.82, 2.24) is 10.2 Å². The molecule has 1 atom stereocenters. The molecule has 34 heavy (non-hydrogen) atoms. The van der Waals surface area contributed by atoms with Crippen molar-refractivity contribution in [3.05, 3.63) is 84.4 Å². The summed E-state index contributed by atoms with van der Waals surface area (Å²) in [5.74, 6) is 0.122. The van der Waals surface area contributed by atoms with E-state index in [0.29, 0.717) is 31.7 Å². The number of hydrogen-bond donors (Lipinski definition) is 2. The maximum atomic E-state index is 13.0. The zero-order valence-corrected chi connectivity index (χ0v) is 19.2. The fourth-order valence-electron chi connectivity index (χ4n) is 4.15. The van der Waals surface area contributed by atoms with Gasteiger partial charge in [0.2, 0.25) is 5.91 Å².